The van der Waals surface area contributed by atoms with Crippen LogP contribution in [0.1, 0.15) is 27.7 Å². The number of amides is 1. The second kappa shape index (κ2) is 7.52. The average Bonchev–Trinajstić information content (AvgIpc) is 2.13. The van der Waals surface area contributed by atoms with E-state index in [0.29, 0.717) is 11.6 Å². The largest absolute Gasteiger partial charge is 0.480 e. The van der Waals surface area contributed by atoms with E-state index in [0.717, 1.165) is 0 Å². The molecule has 0 aliphatic carbocycles. The van der Waals surface area contributed by atoms with Gasteiger partial charge in [0.15, 0.2) is 0 Å². The molecule has 3 N–H and O–H groups in total. The fourth-order valence-electron chi connectivity index (χ4n) is 0.733. The number of rotatable bonds is 7. The van der Waals surface area contributed by atoms with Crippen LogP contribution in [0.4, 0.5) is 0 Å². The lowest BCUT2D eigenvalue weighted by molar-refractivity contribution is -0.148. The first kappa shape index (κ1) is 16.2. The lowest BCUT2D eigenvalue weighted by Gasteiger charge is -2.22. The number of carboxylic acids is 1. The molecule has 17 heavy (non-hydrogen) atoms. The van der Waals surface area contributed by atoms with Gasteiger partial charge in [-0.25, -0.2) is 0 Å². The zero-order chi connectivity index (χ0) is 13.5. The standard InChI is InChI=1S/C10H20N2O4S/c1-7(13)11-6-17-5-8(9(14)15)12-16-10(2,3)4/h8,12H,5-6H2,1-4H3,(H,11,13)(H,14,15)/t8-/m0/s1. The van der Waals surface area contributed by atoms with Gasteiger partial charge in [0, 0.05) is 12.7 Å². The molecule has 0 aliphatic heterocycles. The van der Waals surface area contributed by atoms with Crippen molar-refractivity contribution in [3.63, 3.8) is 0 Å². The Morgan fingerprint density at radius 1 is 1.41 bits per heavy atom. The molecule has 0 bridgehead atoms. The maximum Gasteiger partial charge on any atom is 0.323 e. The van der Waals surface area contributed by atoms with Crippen LogP contribution in [-0.4, -0.2) is 40.3 Å². The summed E-state index contributed by atoms with van der Waals surface area (Å²) in [4.78, 5) is 26.7. The van der Waals surface area contributed by atoms with E-state index in [2.05, 4.69) is 10.8 Å². The highest BCUT2D eigenvalue weighted by molar-refractivity contribution is 7.99. The smallest absolute Gasteiger partial charge is 0.323 e. The molecule has 0 aromatic rings. The highest BCUT2D eigenvalue weighted by Gasteiger charge is 2.20. The number of carboxylic acid groups (broad SMARTS) is 1. The minimum atomic E-state index is -0.982. The third-order valence-electron chi connectivity index (χ3n) is 1.51. The molecule has 7 heteroatoms. The molecule has 0 aromatic carbocycles. The van der Waals surface area contributed by atoms with Gasteiger partial charge in [0.2, 0.25) is 5.91 Å². The Balaban J connectivity index is 3.91. The van der Waals surface area contributed by atoms with Gasteiger partial charge in [0.05, 0.1) is 11.5 Å². The summed E-state index contributed by atoms with van der Waals surface area (Å²) in [6, 6.07) is -0.798. The maximum absolute atomic E-state index is 10.9. The van der Waals surface area contributed by atoms with E-state index in [4.69, 9.17) is 9.94 Å². The van der Waals surface area contributed by atoms with Gasteiger partial charge in [-0.3, -0.25) is 14.4 Å². The monoisotopic (exact) mass is 264 g/mol. The Hall–Kier alpha value is -0.790. The van der Waals surface area contributed by atoms with Crippen molar-refractivity contribution in [2.75, 3.05) is 11.6 Å². The lowest BCUT2D eigenvalue weighted by atomic mass is 10.2. The van der Waals surface area contributed by atoms with Gasteiger partial charge in [-0.05, 0) is 20.8 Å². The van der Waals surface area contributed by atoms with E-state index in [1.54, 1.807) is 0 Å². The van der Waals surface area contributed by atoms with Crippen LogP contribution in [0.2, 0.25) is 0 Å². The van der Waals surface area contributed by atoms with Crippen molar-refractivity contribution in [2.45, 2.75) is 39.3 Å². The summed E-state index contributed by atoms with van der Waals surface area (Å²) in [5.41, 5.74) is 2.07. The average molecular weight is 264 g/mol. The molecule has 1 atom stereocenters. The third-order valence-corrected chi connectivity index (χ3v) is 2.43. The minimum Gasteiger partial charge on any atom is -0.480 e. The van der Waals surface area contributed by atoms with Gasteiger partial charge >= 0.3 is 5.97 Å². The molecule has 0 aromatic heterocycles. The van der Waals surface area contributed by atoms with Crippen LogP contribution in [0.3, 0.4) is 0 Å². The normalized spacial score (nSPS) is 13.2. The second-order valence-electron chi connectivity index (χ2n) is 4.47. The summed E-state index contributed by atoms with van der Waals surface area (Å²) in [6.45, 7) is 6.88. The Bertz CT molecular complexity index is 266. The molecule has 0 radical (unpaired) electrons. The van der Waals surface area contributed by atoms with Crippen molar-refractivity contribution in [3.05, 3.63) is 0 Å². The first-order valence-electron chi connectivity index (χ1n) is 5.21. The van der Waals surface area contributed by atoms with Crippen molar-refractivity contribution in [1.82, 2.24) is 10.8 Å². The van der Waals surface area contributed by atoms with E-state index < -0.39 is 17.6 Å². The fourth-order valence-corrected chi connectivity index (χ4v) is 1.60. The molecular formula is C10H20N2O4S. The Morgan fingerprint density at radius 2 is 2.00 bits per heavy atom. The number of hydroxylamine groups is 1. The molecule has 0 heterocycles. The molecule has 0 saturated carbocycles. The van der Waals surface area contributed by atoms with Gasteiger partial charge in [-0.2, -0.15) is 5.48 Å². The Morgan fingerprint density at radius 3 is 2.41 bits per heavy atom. The van der Waals surface area contributed by atoms with Gasteiger partial charge in [0.25, 0.3) is 0 Å². The van der Waals surface area contributed by atoms with E-state index in [-0.39, 0.29) is 5.91 Å². The molecule has 100 valence electrons. The number of hydrogen-bond acceptors (Lipinski definition) is 5. The van der Waals surface area contributed by atoms with Gasteiger partial charge in [0.1, 0.15) is 6.04 Å². The lowest BCUT2D eigenvalue weighted by Crippen LogP contribution is -2.43. The molecular weight excluding hydrogens is 244 g/mol. The number of thioether (sulfide) groups is 1. The zero-order valence-electron chi connectivity index (χ0n) is 10.6. The topological polar surface area (TPSA) is 87.7 Å². The summed E-state index contributed by atoms with van der Waals surface area (Å²) in [6.07, 6.45) is 0. The molecule has 0 fully saturated rings. The predicted octanol–water partition coefficient (Wildman–Crippen LogP) is 0.586. The molecule has 0 unspecified atom stereocenters. The van der Waals surface area contributed by atoms with Crippen LogP contribution in [-0.2, 0) is 14.4 Å². The van der Waals surface area contributed by atoms with E-state index in [1.165, 1.54) is 18.7 Å². The van der Waals surface area contributed by atoms with Gasteiger partial charge in [-0.15, -0.1) is 11.8 Å². The first-order valence-corrected chi connectivity index (χ1v) is 6.36. The fraction of sp³-hybridized carbons (Fsp3) is 0.800. The summed E-state index contributed by atoms with van der Waals surface area (Å²) in [5.74, 6) is -0.421. The van der Waals surface area contributed by atoms with E-state index >= 15 is 0 Å². The van der Waals surface area contributed by atoms with Crippen molar-refractivity contribution in [1.29, 1.82) is 0 Å². The number of nitrogens with one attached hydrogen (secondary N) is 2. The third kappa shape index (κ3) is 10.1. The van der Waals surface area contributed by atoms with Crippen LogP contribution < -0.4 is 10.8 Å². The summed E-state index contributed by atoms with van der Waals surface area (Å²) in [5, 5.41) is 11.5. The van der Waals surface area contributed by atoms with Crippen LogP contribution >= 0.6 is 11.8 Å². The number of carbonyl (C=O) groups excluding carboxylic acids is 1. The van der Waals surface area contributed by atoms with Gasteiger partial charge in [-0.1, -0.05) is 0 Å². The maximum atomic E-state index is 10.9. The Labute approximate surface area is 105 Å². The van der Waals surface area contributed by atoms with Crippen molar-refractivity contribution in [3.8, 4) is 0 Å². The molecule has 0 saturated heterocycles. The van der Waals surface area contributed by atoms with Crippen molar-refractivity contribution < 1.29 is 19.5 Å². The summed E-state index contributed by atoms with van der Waals surface area (Å²) < 4.78 is 0. The van der Waals surface area contributed by atoms with Crippen LogP contribution in [0.5, 0.6) is 0 Å². The van der Waals surface area contributed by atoms with Crippen LogP contribution in [0.25, 0.3) is 0 Å². The molecule has 6 nitrogen and oxygen atoms in total. The van der Waals surface area contributed by atoms with Crippen molar-refractivity contribution >= 4 is 23.6 Å². The van der Waals surface area contributed by atoms with Crippen LogP contribution in [0, 0.1) is 0 Å². The Kier molecular flexibility index (Phi) is 7.17. The van der Waals surface area contributed by atoms with Gasteiger partial charge < -0.3 is 10.4 Å². The van der Waals surface area contributed by atoms with Crippen molar-refractivity contribution in [2.24, 2.45) is 0 Å². The molecule has 0 spiro atoms. The van der Waals surface area contributed by atoms with E-state index in [1.807, 2.05) is 20.8 Å². The highest BCUT2D eigenvalue weighted by Crippen LogP contribution is 2.07. The highest BCUT2D eigenvalue weighted by atomic mass is 32.2. The number of hydrogen-bond donors (Lipinski definition) is 3. The SMILES string of the molecule is CC(=O)NCSC[C@H](NOC(C)(C)C)C(=O)O. The minimum absolute atomic E-state index is 0.136. The quantitative estimate of drug-likeness (QED) is 0.354. The number of aliphatic carboxylic acids is 1. The summed E-state index contributed by atoms with van der Waals surface area (Å²) >= 11 is 1.31. The van der Waals surface area contributed by atoms with E-state index in [9.17, 15) is 9.59 Å². The molecule has 0 rings (SSSR count). The molecule has 1 amide bonds. The second-order valence-corrected chi connectivity index (χ2v) is 5.50. The zero-order valence-corrected chi connectivity index (χ0v) is 11.4. The summed E-state index contributed by atoms with van der Waals surface area (Å²) in [7, 11) is 0. The predicted molar refractivity (Wildman–Crippen MR) is 66.5 cm³/mol. The first-order chi connectivity index (χ1) is 7.72. The number of carbonyl (C=O) groups is 2. The van der Waals surface area contributed by atoms with Crippen LogP contribution in [0.15, 0.2) is 0 Å². The molecule has 0 aliphatic rings.